The summed E-state index contributed by atoms with van der Waals surface area (Å²) < 4.78 is 19.6. The summed E-state index contributed by atoms with van der Waals surface area (Å²) >= 11 is 0. The smallest absolute Gasteiger partial charge is 0.296 e. The predicted octanol–water partition coefficient (Wildman–Crippen LogP) is 5.00. The average Bonchev–Trinajstić information content (AvgIpc) is 3.04. The number of rotatable bonds is 2. The molecule has 0 saturated carbocycles. The van der Waals surface area contributed by atoms with Crippen LogP contribution in [-0.4, -0.2) is 10.9 Å². The van der Waals surface area contributed by atoms with Crippen LogP contribution in [0.4, 0.5) is 10.2 Å². The van der Waals surface area contributed by atoms with Gasteiger partial charge in [0.25, 0.3) is 5.91 Å². The van der Waals surface area contributed by atoms with Crippen LogP contribution in [0.15, 0.2) is 63.9 Å². The number of nitrogens with zero attached hydrogens (tertiary/aromatic N) is 2. The first-order valence-corrected chi connectivity index (χ1v) is 9.95. The molecule has 0 N–H and O–H groups in total. The second kappa shape index (κ2) is 6.87. The van der Waals surface area contributed by atoms with Crippen molar-refractivity contribution in [3.63, 3.8) is 0 Å². The molecule has 1 amide bonds. The second-order valence-electron chi connectivity index (χ2n) is 7.93. The third-order valence-corrected chi connectivity index (χ3v) is 5.81. The van der Waals surface area contributed by atoms with Gasteiger partial charge in [-0.1, -0.05) is 18.2 Å². The van der Waals surface area contributed by atoms with Gasteiger partial charge < -0.3 is 4.42 Å². The molecule has 5 rings (SSSR count). The molecule has 6 heteroatoms. The van der Waals surface area contributed by atoms with E-state index in [0.717, 1.165) is 16.7 Å². The zero-order valence-electron chi connectivity index (χ0n) is 17.3. The minimum atomic E-state index is -0.763. The average molecular weight is 414 g/mol. The van der Waals surface area contributed by atoms with Crippen molar-refractivity contribution in [2.24, 2.45) is 0 Å². The lowest BCUT2D eigenvalue weighted by Gasteiger charge is -2.24. The van der Waals surface area contributed by atoms with Gasteiger partial charge >= 0.3 is 0 Å². The quantitative estimate of drug-likeness (QED) is 0.463. The Morgan fingerprint density at radius 1 is 0.968 bits per heavy atom. The van der Waals surface area contributed by atoms with Crippen LogP contribution in [0.1, 0.15) is 44.4 Å². The minimum absolute atomic E-state index is 0.00236. The van der Waals surface area contributed by atoms with E-state index >= 15 is 0 Å². The van der Waals surface area contributed by atoms with Crippen LogP contribution < -0.4 is 10.3 Å². The molecule has 0 saturated heterocycles. The lowest BCUT2D eigenvalue weighted by atomic mass is 9.97. The van der Waals surface area contributed by atoms with Crippen molar-refractivity contribution in [1.29, 1.82) is 0 Å². The van der Waals surface area contributed by atoms with Crippen molar-refractivity contribution in [2.45, 2.75) is 26.8 Å². The molecule has 0 bridgehead atoms. The van der Waals surface area contributed by atoms with E-state index in [0.29, 0.717) is 22.4 Å². The van der Waals surface area contributed by atoms with Gasteiger partial charge in [-0.25, -0.2) is 9.37 Å². The Bertz CT molecular complexity index is 1410. The lowest BCUT2D eigenvalue weighted by Crippen LogP contribution is -2.30. The van der Waals surface area contributed by atoms with Gasteiger partial charge in [-0.05, 0) is 73.4 Å². The number of carbonyl (C=O) groups is 1. The van der Waals surface area contributed by atoms with Crippen LogP contribution in [0.3, 0.4) is 0 Å². The van der Waals surface area contributed by atoms with E-state index < -0.39 is 17.8 Å². The van der Waals surface area contributed by atoms with Gasteiger partial charge in [-0.3, -0.25) is 14.5 Å². The van der Waals surface area contributed by atoms with Crippen LogP contribution in [-0.2, 0) is 0 Å². The standard InChI is InChI=1S/C25H19FN2O3/c1-13-4-9-20(27-12-13)28-22(16-5-7-17(26)8-6-16)21-23(29)18-10-14(2)15(3)11-19(18)31-24(21)25(28)30/h4-12,22H,1-3H3. The SMILES string of the molecule is Cc1ccc(N2C(=O)c3oc4cc(C)c(C)cc4c(=O)c3C2c2ccc(F)cc2)nc1. The first kappa shape index (κ1) is 19.2. The molecule has 0 spiro atoms. The van der Waals surface area contributed by atoms with Crippen molar-refractivity contribution in [3.05, 3.63) is 104 Å². The maximum absolute atomic E-state index is 13.6. The molecule has 2 aromatic heterocycles. The Labute approximate surface area is 177 Å². The van der Waals surface area contributed by atoms with E-state index in [-0.39, 0.29) is 16.8 Å². The van der Waals surface area contributed by atoms with Crippen LogP contribution in [0, 0.1) is 26.6 Å². The molecule has 1 aliphatic heterocycles. The minimum Gasteiger partial charge on any atom is -0.450 e. The molecule has 1 atom stereocenters. The fraction of sp³-hybridized carbons (Fsp3) is 0.160. The summed E-state index contributed by atoms with van der Waals surface area (Å²) in [7, 11) is 0. The first-order valence-electron chi connectivity index (χ1n) is 9.95. The highest BCUT2D eigenvalue weighted by atomic mass is 19.1. The van der Waals surface area contributed by atoms with E-state index in [2.05, 4.69) is 4.98 Å². The lowest BCUT2D eigenvalue weighted by molar-refractivity contribution is 0.0970. The van der Waals surface area contributed by atoms with Crippen molar-refractivity contribution < 1.29 is 13.6 Å². The number of carbonyl (C=O) groups excluding carboxylic acids is 1. The largest absolute Gasteiger partial charge is 0.450 e. The summed E-state index contributed by atoms with van der Waals surface area (Å²) in [5, 5.41) is 0.417. The summed E-state index contributed by atoms with van der Waals surface area (Å²) in [4.78, 5) is 32.9. The van der Waals surface area contributed by atoms with Gasteiger partial charge in [-0.2, -0.15) is 0 Å². The Hall–Kier alpha value is -3.80. The summed E-state index contributed by atoms with van der Waals surface area (Å²) in [6.45, 7) is 5.75. The monoisotopic (exact) mass is 414 g/mol. The number of aromatic nitrogens is 1. The van der Waals surface area contributed by atoms with Crippen molar-refractivity contribution in [3.8, 4) is 0 Å². The van der Waals surface area contributed by atoms with Gasteiger partial charge in [0.05, 0.1) is 17.0 Å². The molecule has 4 aromatic rings. The third kappa shape index (κ3) is 2.94. The van der Waals surface area contributed by atoms with E-state index in [4.69, 9.17) is 4.42 Å². The molecule has 1 unspecified atom stereocenters. The molecule has 3 heterocycles. The van der Waals surface area contributed by atoms with Gasteiger partial charge in [0, 0.05) is 6.20 Å². The number of aryl methyl sites for hydroxylation is 3. The van der Waals surface area contributed by atoms with Crippen LogP contribution in [0.2, 0.25) is 0 Å². The molecule has 31 heavy (non-hydrogen) atoms. The maximum atomic E-state index is 13.6. The number of anilines is 1. The molecule has 1 aliphatic rings. The van der Waals surface area contributed by atoms with Crippen molar-refractivity contribution in [1.82, 2.24) is 4.98 Å². The number of halogens is 1. The Morgan fingerprint density at radius 3 is 2.35 bits per heavy atom. The second-order valence-corrected chi connectivity index (χ2v) is 7.93. The van der Waals surface area contributed by atoms with Gasteiger partial charge in [-0.15, -0.1) is 0 Å². The highest BCUT2D eigenvalue weighted by Crippen LogP contribution is 2.40. The Balaban J connectivity index is 1.82. The molecular weight excluding hydrogens is 395 g/mol. The zero-order chi connectivity index (χ0) is 21.9. The van der Waals surface area contributed by atoms with E-state index in [9.17, 15) is 14.0 Å². The number of hydrogen-bond acceptors (Lipinski definition) is 4. The van der Waals surface area contributed by atoms with Crippen LogP contribution in [0.5, 0.6) is 0 Å². The topological polar surface area (TPSA) is 63.4 Å². The Kier molecular flexibility index (Phi) is 4.25. The van der Waals surface area contributed by atoms with Crippen LogP contribution >= 0.6 is 0 Å². The summed E-state index contributed by atoms with van der Waals surface area (Å²) in [6.07, 6.45) is 1.66. The van der Waals surface area contributed by atoms with E-state index in [1.54, 1.807) is 36.5 Å². The maximum Gasteiger partial charge on any atom is 0.296 e. The predicted molar refractivity (Wildman–Crippen MR) is 116 cm³/mol. The van der Waals surface area contributed by atoms with Gasteiger partial charge in [0.1, 0.15) is 17.2 Å². The summed E-state index contributed by atoms with van der Waals surface area (Å²) in [5.74, 6) is -0.451. The number of pyridine rings is 1. The van der Waals surface area contributed by atoms with Crippen molar-refractivity contribution >= 4 is 22.7 Å². The Morgan fingerprint density at radius 2 is 1.68 bits per heavy atom. The fourth-order valence-electron chi connectivity index (χ4n) is 4.03. The highest BCUT2D eigenvalue weighted by Gasteiger charge is 2.44. The highest BCUT2D eigenvalue weighted by molar-refractivity contribution is 6.10. The zero-order valence-corrected chi connectivity index (χ0v) is 17.3. The fourth-order valence-corrected chi connectivity index (χ4v) is 4.03. The molecule has 0 fully saturated rings. The molecule has 2 aromatic carbocycles. The normalized spacial score (nSPS) is 15.5. The number of fused-ring (bicyclic) bond motifs is 2. The van der Waals surface area contributed by atoms with Crippen molar-refractivity contribution in [2.75, 3.05) is 4.90 Å². The van der Waals surface area contributed by atoms with E-state index in [1.807, 2.05) is 26.8 Å². The number of amides is 1. The van der Waals surface area contributed by atoms with Gasteiger partial charge in [0.15, 0.2) is 5.43 Å². The van der Waals surface area contributed by atoms with E-state index in [1.165, 1.54) is 17.0 Å². The summed E-state index contributed by atoms with van der Waals surface area (Å²) in [5.41, 5.74) is 3.82. The van der Waals surface area contributed by atoms with Gasteiger partial charge in [0.2, 0.25) is 5.76 Å². The molecular formula is C25H19FN2O3. The molecule has 154 valence electrons. The third-order valence-electron chi connectivity index (χ3n) is 5.81. The summed E-state index contributed by atoms with van der Waals surface area (Å²) in [6, 6.07) is 12.2. The number of hydrogen-bond donors (Lipinski definition) is 0. The molecule has 0 radical (unpaired) electrons. The molecule has 0 aliphatic carbocycles. The molecule has 5 nitrogen and oxygen atoms in total. The first-order chi connectivity index (χ1) is 14.8. The number of benzene rings is 2. The van der Waals surface area contributed by atoms with Crippen LogP contribution in [0.25, 0.3) is 11.0 Å².